The average molecular weight is 447 g/mol. The van der Waals surface area contributed by atoms with Crippen LogP contribution >= 0.6 is 0 Å². The second-order valence-electron chi connectivity index (χ2n) is 7.68. The van der Waals surface area contributed by atoms with Crippen LogP contribution in [-0.2, 0) is 22.6 Å². The third kappa shape index (κ3) is 6.92. The van der Waals surface area contributed by atoms with Crippen molar-refractivity contribution < 1.29 is 19.4 Å². The maximum atomic E-state index is 13.5. The maximum absolute atomic E-state index is 13.5. The number of hydrogen-bond acceptors (Lipinski definition) is 4. The average Bonchev–Trinajstić information content (AvgIpc) is 2.87. The van der Waals surface area contributed by atoms with E-state index in [0.717, 1.165) is 22.4 Å². The van der Waals surface area contributed by atoms with Crippen LogP contribution in [0.4, 0.5) is 0 Å². The van der Waals surface area contributed by atoms with Gasteiger partial charge >= 0.3 is 0 Å². The molecule has 2 amide bonds. The monoisotopic (exact) mass is 446 g/mol. The van der Waals surface area contributed by atoms with Crippen molar-refractivity contribution in [3.63, 3.8) is 0 Å². The predicted molar refractivity (Wildman–Crippen MR) is 128 cm³/mol. The van der Waals surface area contributed by atoms with Gasteiger partial charge < -0.3 is 20.1 Å². The Bertz CT molecular complexity index is 1010. The number of hydrogen-bond donors (Lipinski definition) is 2. The van der Waals surface area contributed by atoms with E-state index in [1.165, 1.54) is 0 Å². The molecule has 3 rings (SSSR count). The molecule has 0 fully saturated rings. The van der Waals surface area contributed by atoms with Gasteiger partial charge in [0.05, 0.1) is 13.7 Å². The quantitative estimate of drug-likeness (QED) is 0.473. The normalized spacial score (nSPS) is 11.5. The summed E-state index contributed by atoms with van der Waals surface area (Å²) in [6.45, 7) is 0.216. The number of aliphatic hydroxyl groups excluding tert-OH is 1. The van der Waals surface area contributed by atoms with Gasteiger partial charge in [-0.1, -0.05) is 72.8 Å². The lowest BCUT2D eigenvalue weighted by Gasteiger charge is -2.32. The van der Waals surface area contributed by atoms with Crippen LogP contribution in [0.25, 0.3) is 0 Å². The molecule has 1 atom stereocenters. The first-order chi connectivity index (χ1) is 16.1. The summed E-state index contributed by atoms with van der Waals surface area (Å²) in [6, 6.07) is 25.7. The second-order valence-corrected chi connectivity index (χ2v) is 7.68. The van der Waals surface area contributed by atoms with Gasteiger partial charge in [-0.3, -0.25) is 9.59 Å². The van der Waals surface area contributed by atoms with Gasteiger partial charge in [0.1, 0.15) is 11.8 Å². The smallest absolute Gasteiger partial charge is 0.247 e. The van der Waals surface area contributed by atoms with Crippen molar-refractivity contribution in [2.24, 2.45) is 0 Å². The molecule has 6 nitrogen and oxygen atoms in total. The number of methoxy groups -OCH3 is 1. The molecule has 6 heteroatoms. The molecule has 3 aromatic carbocycles. The first-order valence-corrected chi connectivity index (χ1v) is 11.0. The molecule has 0 bridgehead atoms. The summed E-state index contributed by atoms with van der Waals surface area (Å²) in [4.78, 5) is 28.3. The number of nitrogens with one attached hydrogen (secondary N) is 1. The zero-order valence-corrected chi connectivity index (χ0v) is 18.8. The Morgan fingerprint density at radius 3 is 2.15 bits per heavy atom. The summed E-state index contributed by atoms with van der Waals surface area (Å²) < 4.78 is 5.24. The fourth-order valence-electron chi connectivity index (χ4n) is 3.67. The van der Waals surface area contributed by atoms with E-state index < -0.39 is 6.04 Å². The number of amides is 2. The fraction of sp³-hybridized carbons (Fsp3) is 0.259. The highest BCUT2D eigenvalue weighted by Gasteiger charge is 2.31. The first kappa shape index (κ1) is 24.0. The number of carbonyl (C=O) groups excluding carboxylic acids is 2. The molecular weight excluding hydrogens is 416 g/mol. The van der Waals surface area contributed by atoms with E-state index in [1.54, 1.807) is 12.0 Å². The molecule has 0 aliphatic rings. The second kappa shape index (κ2) is 12.4. The zero-order valence-electron chi connectivity index (χ0n) is 18.8. The van der Waals surface area contributed by atoms with Crippen LogP contribution in [0.3, 0.4) is 0 Å². The SMILES string of the molecule is COc1ccc(CN(C(=O)CCc2ccccc2)[C@H](C(=O)NCCO)c2ccccc2)cc1. The Labute approximate surface area is 194 Å². The van der Waals surface area contributed by atoms with E-state index in [4.69, 9.17) is 4.74 Å². The third-order valence-corrected chi connectivity index (χ3v) is 5.39. The lowest BCUT2D eigenvalue weighted by molar-refractivity contribution is -0.141. The number of carbonyl (C=O) groups is 2. The highest BCUT2D eigenvalue weighted by molar-refractivity contribution is 5.88. The molecule has 0 saturated heterocycles. The van der Waals surface area contributed by atoms with Gasteiger partial charge in [0, 0.05) is 19.5 Å². The molecule has 3 aromatic rings. The molecular formula is C27H30N2O4. The van der Waals surface area contributed by atoms with E-state index >= 15 is 0 Å². The Morgan fingerprint density at radius 1 is 0.909 bits per heavy atom. The molecule has 0 unspecified atom stereocenters. The molecule has 0 aliphatic carbocycles. The molecule has 0 spiro atoms. The maximum Gasteiger partial charge on any atom is 0.247 e. The summed E-state index contributed by atoms with van der Waals surface area (Å²) >= 11 is 0. The number of aliphatic hydroxyl groups is 1. The molecule has 33 heavy (non-hydrogen) atoms. The number of ether oxygens (including phenoxy) is 1. The largest absolute Gasteiger partial charge is 0.497 e. The summed E-state index contributed by atoms with van der Waals surface area (Å²) in [5.41, 5.74) is 2.67. The highest BCUT2D eigenvalue weighted by atomic mass is 16.5. The minimum Gasteiger partial charge on any atom is -0.497 e. The van der Waals surface area contributed by atoms with Crippen molar-refractivity contribution in [3.05, 3.63) is 102 Å². The van der Waals surface area contributed by atoms with Crippen LogP contribution in [0.1, 0.15) is 29.2 Å². The zero-order chi connectivity index (χ0) is 23.5. The topological polar surface area (TPSA) is 78.9 Å². The standard InChI is InChI=1S/C27H30N2O4/c1-33-24-15-12-22(13-16-24)20-29(25(31)17-14-21-8-4-2-5-9-21)26(27(32)28-18-19-30)23-10-6-3-7-11-23/h2-13,15-16,26,30H,14,17-20H2,1H3,(H,28,32)/t26-/m0/s1. The summed E-state index contributed by atoms with van der Waals surface area (Å²) in [6.07, 6.45) is 0.856. The minimum absolute atomic E-state index is 0.122. The predicted octanol–water partition coefficient (Wildman–Crippen LogP) is 3.51. The van der Waals surface area contributed by atoms with Crippen LogP contribution in [0, 0.1) is 0 Å². The minimum atomic E-state index is -0.817. The van der Waals surface area contributed by atoms with Gasteiger partial charge in [0.2, 0.25) is 11.8 Å². The molecule has 0 aliphatic heterocycles. The van der Waals surface area contributed by atoms with Gasteiger partial charge in [0.25, 0.3) is 0 Å². The van der Waals surface area contributed by atoms with Crippen molar-refractivity contribution in [2.75, 3.05) is 20.3 Å². The van der Waals surface area contributed by atoms with Crippen LogP contribution in [0.2, 0.25) is 0 Å². The van der Waals surface area contributed by atoms with Crippen molar-refractivity contribution >= 4 is 11.8 Å². The van der Waals surface area contributed by atoms with E-state index in [1.807, 2.05) is 84.9 Å². The van der Waals surface area contributed by atoms with E-state index in [0.29, 0.717) is 6.42 Å². The number of aryl methyl sites for hydroxylation is 1. The molecule has 172 valence electrons. The van der Waals surface area contributed by atoms with Crippen molar-refractivity contribution in [3.8, 4) is 5.75 Å². The van der Waals surface area contributed by atoms with Gasteiger partial charge in [-0.15, -0.1) is 0 Å². The van der Waals surface area contributed by atoms with Gasteiger partial charge in [0.15, 0.2) is 0 Å². The van der Waals surface area contributed by atoms with Gasteiger partial charge in [-0.05, 0) is 35.2 Å². The number of nitrogens with zero attached hydrogens (tertiary/aromatic N) is 1. The lowest BCUT2D eigenvalue weighted by Crippen LogP contribution is -2.44. The van der Waals surface area contributed by atoms with Crippen LogP contribution in [0.5, 0.6) is 5.75 Å². The summed E-state index contributed by atoms with van der Waals surface area (Å²) in [5.74, 6) is 0.278. The van der Waals surface area contributed by atoms with E-state index in [2.05, 4.69) is 5.32 Å². The summed E-state index contributed by atoms with van der Waals surface area (Å²) in [7, 11) is 1.60. The fourth-order valence-corrected chi connectivity index (χ4v) is 3.67. The molecule has 0 aromatic heterocycles. The Morgan fingerprint density at radius 2 is 1.55 bits per heavy atom. The number of benzene rings is 3. The van der Waals surface area contributed by atoms with Crippen LogP contribution < -0.4 is 10.1 Å². The number of rotatable bonds is 11. The molecule has 0 saturated carbocycles. The lowest BCUT2D eigenvalue weighted by atomic mass is 10.0. The van der Waals surface area contributed by atoms with Crippen molar-refractivity contribution in [1.29, 1.82) is 0 Å². The Kier molecular flexibility index (Phi) is 9.03. The van der Waals surface area contributed by atoms with Crippen molar-refractivity contribution in [2.45, 2.75) is 25.4 Å². The molecule has 2 N–H and O–H groups in total. The van der Waals surface area contributed by atoms with Gasteiger partial charge in [-0.25, -0.2) is 0 Å². The van der Waals surface area contributed by atoms with Crippen LogP contribution in [-0.4, -0.2) is 42.1 Å². The van der Waals surface area contributed by atoms with Gasteiger partial charge in [-0.2, -0.15) is 0 Å². The van der Waals surface area contributed by atoms with E-state index in [-0.39, 0.29) is 37.9 Å². The molecule has 0 radical (unpaired) electrons. The van der Waals surface area contributed by atoms with E-state index in [9.17, 15) is 14.7 Å². The Hall–Kier alpha value is -3.64. The molecule has 0 heterocycles. The third-order valence-electron chi connectivity index (χ3n) is 5.39. The summed E-state index contributed by atoms with van der Waals surface area (Å²) in [5, 5.41) is 11.9. The first-order valence-electron chi connectivity index (χ1n) is 11.0. The Balaban J connectivity index is 1.91. The van der Waals surface area contributed by atoms with Crippen molar-refractivity contribution in [1.82, 2.24) is 10.2 Å². The highest BCUT2D eigenvalue weighted by Crippen LogP contribution is 2.25. The van der Waals surface area contributed by atoms with Crippen LogP contribution in [0.15, 0.2) is 84.9 Å².